The summed E-state index contributed by atoms with van der Waals surface area (Å²) in [4.78, 5) is 34.4. The van der Waals surface area contributed by atoms with Gasteiger partial charge in [0.05, 0.1) is 11.6 Å². The van der Waals surface area contributed by atoms with E-state index in [4.69, 9.17) is 5.11 Å². The lowest BCUT2D eigenvalue weighted by molar-refractivity contribution is -0.116. The van der Waals surface area contributed by atoms with Gasteiger partial charge in [-0.15, -0.1) is 0 Å². The fourth-order valence-electron chi connectivity index (χ4n) is 2.95. The van der Waals surface area contributed by atoms with Gasteiger partial charge in [-0.3, -0.25) is 4.79 Å². The van der Waals surface area contributed by atoms with E-state index < -0.39 is 5.97 Å². The van der Waals surface area contributed by atoms with Crippen LogP contribution in [-0.4, -0.2) is 23.0 Å². The van der Waals surface area contributed by atoms with Crippen LogP contribution in [-0.2, 0) is 17.8 Å². The molecule has 2 aromatic carbocycles. The van der Waals surface area contributed by atoms with Crippen LogP contribution in [0.25, 0.3) is 0 Å². The number of anilines is 1. The Morgan fingerprint density at radius 2 is 1.89 bits per heavy atom. The van der Waals surface area contributed by atoms with Gasteiger partial charge in [0, 0.05) is 18.7 Å². The number of aryl methyl sites for hydroxylation is 1. The Bertz CT molecular complexity index is 877. The highest BCUT2D eigenvalue weighted by Gasteiger charge is 2.17. The summed E-state index contributed by atoms with van der Waals surface area (Å²) in [5.41, 5.74) is 3.88. The van der Waals surface area contributed by atoms with Crippen LogP contribution in [0.3, 0.4) is 0 Å². The van der Waals surface area contributed by atoms with E-state index in [1.54, 1.807) is 12.1 Å². The van der Waals surface area contributed by atoms with Crippen molar-refractivity contribution < 1.29 is 19.5 Å². The number of fused-ring (bicyclic) bond motifs is 1. The molecule has 1 atom stereocenters. The van der Waals surface area contributed by atoms with Crippen LogP contribution in [0.2, 0.25) is 0 Å². The van der Waals surface area contributed by atoms with Gasteiger partial charge in [-0.05, 0) is 48.2 Å². The first-order chi connectivity index (χ1) is 12.9. The smallest absolute Gasteiger partial charge is 0.335 e. The lowest BCUT2D eigenvalue weighted by Gasteiger charge is -2.20. The zero-order chi connectivity index (χ0) is 19.4. The molecular weight excluding hydrogens is 346 g/mol. The Balaban J connectivity index is 1.54. The van der Waals surface area contributed by atoms with Crippen LogP contribution < -0.4 is 16.0 Å². The summed E-state index contributed by atoms with van der Waals surface area (Å²) < 4.78 is 0. The average Bonchev–Trinajstić information content (AvgIpc) is 2.66. The summed E-state index contributed by atoms with van der Waals surface area (Å²) in [6.45, 7) is 2.19. The number of carbonyl (C=O) groups excluding carboxylic acids is 2. The van der Waals surface area contributed by atoms with Gasteiger partial charge in [0.25, 0.3) is 0 Å². The second-order valence-corrected chi connectivity index (χ2v) is 6.52. The second-order valence-electron chi connectivity index (χ2n) is 6.52. The standard InChI is InChI=1S/C20H21N3O4/c1-12(15-6-8-17-16(10-15)7-9-18(24)23-17)22-20(27)21-11-13-2-4-14(5-3-13)19(25)26/h2-6,8,10,12H,7,9,11H2,1H3,(H,23,24)(H,25,26)(H2,21,22,27). The van der Waals surface area contributed by atoms with Gasteiger partial charge < -0.3 is 21.1 Å². The summed E-state index contributed by atoms with van der Waals surface area (Å²) >= 11 is 0. The van der Waals surface area contributed by atoms with Crippen LogP contribution in [0.5, 0.6) is 0 Å². The molecule has 4 N–H and O–H groups in total. The third-order valence-corrected chi connectivity index (χ3v) is 4.53. The molecule has 0 spiro atoms. The number of carboxylic acids is 1. The molecule has 0 fully saturated rings. The highest BCUT2D eigenvalue weighted by Crippen LogP contribution is 2.26. The number of hydrogen-bond acceptors (Lipinski definition) is 3. The molecule has 140 valence electrons. The van der Waals surface area contributed by atoms with Crippen LogP contribution in [0, 0.1) is 0 Å². The first kappa shape index (κ1) is 18.4. The maximum atomic E-state index is 12.1. The maximum absolute atomic E-state index is 12.1. The molecule has 0 aromatic heterocycles. The Labute approximate surface area is 156 Å². The number of carboxylic acid groups (broad SMARTS) is 1. The lowest BCUT2D eigenvalue weighted by Crippen LogP contribution is -2.36. The third-order valence-electron chi connectivity index (χ3n) is 4.53. The molecule has 1 heterocycles. The maximum Gasteiger partial charge on any atom is 0.335 e. The molecule has 0 bridgehead atoms. The number of urea groups is 1. The third kappa shape index (κ3) is 4.63. The number of amides is 3. The van der Waals surface area contributed by atoms with Gasteiger partial charge >= 0.3 is 12.0 Å². The summed E-state index contributed by atoms with van der Waals surface area (Å²) in [6, 6.07) is 11.6. The van der Waals surface area contributed by atoms with E-state index in [2.05, 4.69) is 16.0 Å². The molecule has 1 aliphatic rings. The molecule has 0 radical (unpaired) electrons. The lowest BCUT2D eigenvalue weighted by atomic mass is 9.98. The number of rotatable bonds is 5. The van der Waals surface area contributed by atoms with Crippen molar-refractivity contribution in [2.75, 3.05) is 5.32 Å². The van der Waals surface area contributed by atoms with Crippen molar-refractivity contribution >= 4 is 23.6 Å². The normalized spacial score (nSPS) is 13.9. The van der Waals surface area contributed by atoms with Crippen molar-refractivity contribution in [3.8, 4) is 0 Å². The predicted octanol–water partition coefficient (Wildman–Crippen LogP) is 2.83. The monoisotopic (exact) mass is 367 g/mol. The molecule has 3 rings (SSSR count). The molecule has 7 nitrogen and oxygen atoms in total. The molecule has 0 saturated carbocycles. The van der Waals surface area contributed by atoms with Crippen molar-refractivity contribution in [2.24, 2.45) is 0 Å². The first-order valence-corrected chi connectivity index (χ1v) is 8.71. The fraction of sp³-hybridized carbons (Fsp3) is 0.250. The Kier molecular flexibility index (Phi) is 5.40. The van der Waals surface area contributed by atoms with Gasteiger partial charge in [0.15, 0.2) is 0 Å². The van der Waals surface area contributed by atoms with Crippen LogP contribution >= 0.6 is 0 Å². The van der Waals surface area contributed by atoms with E-state index in [-0.39, 0.29) is 23.5 Å². The highest BCUT2D eigenvalue weighted by molar-refractivity contribution is 5.94. The van der Waals surface area contributed by atoms with Crippen molar-refractivity contribution in [1.29, 1.82) is 0 Å². The summed E-state index contributed by atoms with van der Waals surface area (Å²) in [6.07, 6.45) is 1.17. The van der Waals surface area contributed by atoms with Crippen LogP contribution in [0.1, 0.15) is 46.4 Å². The number of nitrogens with one attached hydrogen (secondary N) is 3. The van der Waals surface area contributed by atoms with Crippen LogP contribution in [0.4, 0.5) is 10.5 Å². The van der Waals surface area contributed by atoms with Crippen molar-refractivity contribution in [3.63, 3.8) is 0 Å². The average molecular weight is 367 g/mol. The molecule has 1 unspecified atom stereocenters. The van der Waals surface area contributed by atoms with Gasteiger partial charge in [-0.1, -0.05) is 24.3 Å². The van der Waals surface area contributed by atoms with Crippen molar-refractivity contribution in [3.05, 3.63) is 64.7 Å². The number of aromatic carboxylic acids is 1. The zero-order valence-electron chi connectivity index (χ0n) is 14.9. The van der Waals surface area contributed by atoms with E-state index >= 15 is 0 Å². The van der Waals surface area contributed by atoms with E-state index in [1.807, 2.05) is 25.1 Å². The van der Waals surface area contributed by atoms with Gasteiger partial charge in [0.1, 0.15) is 0 Å². The molecule has 0 saturated heterocycles. The van der Waals surface area contributed by atoms with Crippen molar-refractivity contribution in [2.45, 2.75) is 32.4 Å². The summed E-state index contributed by atoms with van der Waals surface area (Å²) in [5.74, 6) is -0.956. The van der Waals surface area contributed by atoms with Gasteiger partial charge in [-0.2, -0.15) is 0 Å². The van der Waals surface area contributed by atoms with Gasteiger partial charge in [0.2, 0.25) is 5.91 Å². The summed E-state index contributed by atoms with van der Waals surface area (Å²) in [5, 5.41) is 17.4. The minimum absolute atomic E-state index is 0.0252. The van der Waals surface area contributed by atoms with Crippen LogP contribution in [0.15, 0.2) is 42.5 Å². The van der Waals surface area contributed by atoms with Gasteiger partial charge in [-0.25, -0.2) is 9.59 Å². The topological polar surface area (TPSA) is 108 Å². The van der Waals surface area contributed by atoms with E-state index in [1.165, 1.54) is 12.1 Å². The van der Waals surface area contributed by atoms with Crippen molar-refractivity contribution in [1.82, 2.24) is 10.6 Å². The Hall–Kier alpha value is -3.35. The fourth-order valence-corrected chi connectivity index (χ4v) is 2.95. The Morgan fingerprint density at radius 1 is 1.15 bits per heavy atom. The van der Waals surface area contributed by atoms with E-state index in [0.717, 1.165) is 22.4 Å². The largest absolute Gasteiger partial charge is 0.478 e. The molecular formula is C20H21N3O4. The zero-order valence-corrected chi connectivity index (χ0v) is 14.9. The first-order valence-electron chi connectivity index (χ1n) is 8.71. The minimum Gasteiger partial charge on any atom is -0.478 e. The summed E-state index contributed by atoms with van der Waals surface area (Å²) in [7, 11) is 0. The molecule has 7 heteroatoms. The van der Waals surface area contributed by atoms with E-state index in [0.29, 0.717) is 19.4 Å². The number of hydrogen-bond donors (Lipinski definition) is 4. The predicted molar refractivity (Wildman–Crippen MR) is 101 cm³/mol. The molecule has 27 heavy (non-hydrogen) atoms. The Morgan fingerprint density at radius 3 is 2.59 bits per heavy atom. The molecule has 1 aliphatic heterocycles. The highest BCUT2D eigenvalue weighted by atomic mass is 16.4. The quantitative estimate of drug-likeness (QED) is 0.652. The minimum atomic E-state index is -0.981. The number of carbonyl (C=O) groups is 3. The van der Waals surface area contributed by atoms with E-state index in [9.17, 15) is 14.4 Å². The molecule has 2 aromatic rings. The SMILES string of the molecule is CC(NC(=O)NCc1ccc(C(=O)O)cc1)c1ccc2c(c1)CCC(=O)N2. The molecule has 0 aliphatic carbocycles. The second kappa shape index (κ2) is 7.90. The number of benzene rings is 2. The molecule has 3 amide bonds.